The average molecular weight is 480 g/mol. The maximum Gasteiger partial charge on any atom is 0.0907 e. The number of aromatic nitrogens is 3. The van der Waals surface area contributed by atoms with Crippen molar-refractivity contribution in [2.24, 2.45) is 0 Å². The highest BCUT2D eigenvalue weighted by Crippen LogP contribution is 2.40. The molecule has 3 nitrogen and oxygen atoms in total. The first-order valence-corrected chi connectivity index (χ1v) is 13.0. The lowest BCUT2D eigenvalue weighted by Crippen LogP contribution is -2.03. The Morgan fingerprint density at radius 3 is 1.36 bits per heavy atom. The maximum absolute atomic E-state index is 4.89. The quantitative estimate of drug-likeness (QED) is 0.243. The minimum Gasteiger partial charge on any atom is -0.307 e. The monoisotopic (exact) mass is 479 g/mol. The molecule has 0 unspecified atom stereocenters. The number of aryl methyl sites for hydroxylation is 1. The summed E-state index contributed by atoms with van der Waals surface area (Å²) in [6.45, 7) is 2.09. The van der Waals surface area contributed by atoms with E-state index in [-0.39, 0.29) is 0 Å². The van der Waals surface area contributed by atoms with E-state index in [0.29, 0.717) is 0 Å². The van der Waals surface area contributed by atoms with Gasteiger partial charge in [-0.15, -0.1) is 11.3 Å². The molecule has 3 aromatic heterocycles. The predicted octanol–water partition coefficient (Wildman–Crippen LogP) is 8.80. The van der Waals surface area contributed by atoms with Crippen LogP contribution in [-0.2, 0) is 0 Å². The number of benzene rings is 5. The zero-order chi connectivity index (χ0) is 23.8. The number of hydrogen-bond donors (Lipinski definition) is 0. The summed E-state index contributed by atoms with van der Waals surface area (Å²) < 4.78 is 6.05. The van der Waals surface area contributed by atoms with Crippen LogP contribution < -0.4 is 0 Å². The van der Waals surface area contributed by atoms with Gasteiger partial charge in [0, 0.05) is 21.5 Å². The summed E-state index contributed by atoms with van der Waals surface area (Å²) in [5, 5.41) is 6.13. The zero-order valence-corrected chi connectivity index (χ0v) is 20.5. The van der Waals surface area contributed by atoms with Gasteiger partial charge in [0.15, 0.2) is 0 Å². The van der Waals surface area contributed by atoms with E-state index >= 15 is 0 Å². The highest BCUT2D eigenvalue weighted by Gasteiger charge is 2.20. The van der Waals surface area contributed by atoms with E-state index in [1.807, 2.05) is 0 Å². The van der Waals surface area contributed by atoms with Gasteiger partial charge in [0.1, 0.15) is 0 Å². The van der Waals surface area contributed by atoms with Gasteiger partial charge in [0.2, 0.25) is 0 Å². The van der Waals surface area contributed by atoms with Gasteiger partial charge in [-0.25, -0.2) is 4.98 Å². The van der Waals surface area contributed by atoms with Crippen LogP contribution in [-0.4, -0.2) is 14.1 Å². The molecule has 3 heterocycles. The van der Waals surface area contributed by atoms with E-state index in [4.69, 9.17) is 4.98 Å². The molecule has 0 spiro atoms. The Morgan fingerprint density at radius 1 is 0.528 bits per heavy atom. The molecule has 0 N–H and O–H groups in total. The minimum absolute atomic E-state index is 1.04. The fourth-order valence-corrected chi connectivity index (χ4v) is 6.63. The van der Waals surface area contributed by atoms with Gasteiger partial charge in [-0.1, -0.05) is 72.8 Å². The van der Waals surface area contributed by atoms with Crippen LogP contribution >= 0.6 is 11.3 Å². The van der Waals surface area contributed by atoms with Gasteiger partial charge in [0.25, 0.3) is 0 Å². The van der Waals surface area contributed by atoms with Crippen molar-refractivity contribution < 1.29 is 0 Å². The highest BCUT2D eigenvalue weighted by atomic mass is 32.1. The molecule has 170 valence electrons. The molecule has 0 aliphatic heterocycles. The number of hydrogen-bond acceptors (Lipinski definition) is 2. The van der Waals surface area contributed by atoms with E-state index in [2.05, 4.69) is 125 Å². The Hall–Kier alpha value is -4.41. The first-order valence-electron chi connectivity index (χ1n) is 12.2. The second-order valence-corrected chi connectivity index (χ2v) is 10.5. The second kappa shape index (κ2) is 7.30. The van der Waals surface area contributed by atoms with Crippen molar-refractivity contribution in [1.82, 2.24) is 14.1 Å². The van der Waals surface area contributed by atoms with E-state index in [0.717, 1.165) is 21.9 Å². The molecule has 5 aromatic carbocycles. The molecular weight excluding hydrogens is 458 g/mol. The number of fused-ring (bicyclic) bond motifs is 7. The van der Waals surface area contributed by atoms with E-state index < -0.39 is 0 Å². The molecule has 0 bridgehead atoms. The predicted molar refractivity (Wildman–Crippen MR) is 153 cm³/mol. The van der Waals surface area contributed by atoms with Crippen LogP contribution in [0.15, 0.2) is 109 Å². The summed E-state index contributed by atoms with van der Waals surface area (Å²) in [6, 6.07) is 39.4. The molecule has 8 aromatic rings. The van der Waals surface area contributed by atoms with E-state index in [1.54, 1.807) is 11.3 Å². The molecule has 0 aliphatic rings. The van der Waals surface area contributed by atoms with Gasteiger partial charge < -0.3 is 9.13 Å². The normalized spacial score (nSPS) is 12.0. The largest absolute Gasteiger partial charge is 0.307 e. The molecule has 0 radical (unpaired) electrons. The lowest BCUT2D eigenvalue weighted by molar-refractivity contribution is 1.10. The molecule has 0 saturated heterocycles. The van der Waals surface area contributed by atoms with Crippen molar-refractivity contribution in [1.29, 1.82) is 0 Å². The summed E-state index contributed by atoms with van der Waals surface area (Å²) in [6.07, 6.45) is 0. The number of thiazole rings is 1. The Kier molecular flexibility index (Phi) is 4.02. The second-order valence-electron chi connectivity index (χ2n) is 9.28. The molecule has 0 aliphatic carbocycles. The van der Waals surface area contributed by atoms with Crippen molar-refractivity contribution in [3.05, 3.63) is 114 Å². The number of rotatable bonds is 2. The lowest BCUT2D eigenvalue weighted by atomic mass is 10.2. The summed E-state index contributed by atoms with van der Waals surface area (Å²) in [7, 11) is 0. The van der Waals surface area contributed by atoms with Gasteiger partial charge >= 0.3 is 0 Å². The zero-order valence-electron chi connectivity index (χ0n) is 19.6. The molecule has 8 rings (SSSR count). The topological polar surface area (TPSA) is 22.8 Å². The summed E-state index contributed by atoms with van der Waals surface area (Å²) in [5.74, 6) is 0. The lowest BCUT2D eigenvalue weighted by Gasteiger charge is -2.17. The van der Waals surface area contributed by atoms with Gasteiger partial charge in [-0.3, -0.25) is 0 Å². The van der Waals surface area contributed by atoms with Gasteiger partial charge in [-0.05, 0) is 43.3 Å². The Balaban J connectivity index is 1.60. The number of nitrogens with zero attached hydrogens (tertiary/aromatic N) is 3. The fourth-order valence-electron chi connectivity index (χ4n) is 5.79. The van der Waals surface area contributed by atoms with E-state index in [1.165, 1.54) is 48.3 Å². The molecule has 0 atom stereocenters. The van der Waals surface area contributed by atoms with Crippen LogP contribution in [0.4, 0.5) is 0 Å². The van der Waals surface area contributed by atoms with Crippen molar-refractivity contribution in [3.63, 3.8) is 0 Å². The van der Waals surface area contributed by atoms with Crippen LogP contribution in [0.25, 0.3) is 65.2 Å². The van der Waals surface area contributed by atoms with Crippen LogP contribution in [0.1, 0.15) is 5.01 Å². The van der Waals surface area contributed by atoms with Crippen molar-refractivity contribution in [2.75, 3.05) is 0 Å². The number of para-hydroxylation sites is 4. The Labute approximate surface area is 211 Å². The summed E-state index contributed by atoms with van der Waals surface area (Å²) >= 11 is 1.75. The molecule has 36 heavy (non-hydrogen) atoms. The third kappa shape index (κ3) is 2.65. The maximum atomic E-state index is 4.89. The highest BCUT2D eigenvalue weighted by molar-refractivity contribution is 7.18. The van der Waals surface area contributed by atoms with Crippen LogP contribution in [0, 0.1) is 6.92 Å². The average Bonchev–Trinajstić information content (AvgIpc) is 3.56. The molecule has 0 saturated carbocycles. The smallest absolute Gasteiger partial charge is 0.0907 e. The van der Waals surface area contributed by atoms with Crippen LogP contribution in [0.3, 0.4) is 0 Å². The SMILES string of the molecule is Cc1nc2cc(-n3c4ccccc4c4ccccc43)c(-n3c4ccccc4c4ccccc43)cc2s1. The van der Waals surface area contributed by atoms with Crippen LogP contribution in [0.5, 0.6) is 0 Å². The Morgan fingerprint density at radius 2 is 0.917 bits per heavy atom. The van der Waals surface area contributed by atoms with Crippen LogP contribution in [0.2, 0.25) is 0 Å². The summed E-state index contributed by atoms with van der Waals surface area (Å²) in [4.78, 5) is 4.89. The van der Waals surface area contributed by atoms with E-state index in [9.17, 15) is 0 Å². The van der Waals surface area contributed by atoms with Crippen molar-refractivity contribution in [3.8, 4) is 11.4 Å². The Bertz CT molecular complexity index is 1870. The van der Waals surface area contributed by atoms with Crippen molar-refractivity contribution in [2.45, 2.75) is 6.92 Å². The fraction of sp³-hybridized carbons (Fsp3) is 0.0312. The minimum atomic E-state index is 1.04. The third-order valence-corrected chi connectivity index (χ3v) is 8.17. The summed E-state index contributed by atoms with van der Waals surface area (Å²) in [5.41, 5.74) is 8.16. The molecule has 0 fully saturated rings. The third-order valence-electron chi connectivity index (χ3n) is 7.23. The van der Waals surface area contributed by atoms with Gasteiger partial charge in [0.05, 0.1) is 48.7 Å². The first-order chi connectivity index (χ1) is 17.8. The standard InChI is InChI=1S/C32H21N3S/c1-20-33-25-18-30(34-26-14-6-2-10-21(26)22-11-3-7-15-27(22)34)31(19-32(25)36-20)35-28-16-8-4-12-23(28)24-13-5-9-17-29(24)35/h2-19H,1H3. The van der Waals surface area contributed by atoms with Crippen molar-refractivity contribution >= 4 is 65.2 Å². The molecule has 4 heteroatoms. The first kappa shape index (κ1) is 19.8. The molecular formula is C32H21N3S. The van der Waals surface area contributed by atoms with Gasteiger partial charge in [-0.2, -0.15) is 0 Å². The molecule has 0 amide bonds.